The molecule has 294 valence electrons. The Morgan fingerprint density at radius 2 is 1.30 bits per heavy atom. The fourth-order valence-corrected chi connectivity index (χ4v) is 6.76. The number of hydrogen-bond acceptors (Lipinski definition) is 8. The number of alkyl halides is 3. The molecule has 0 saturated heterocycles. The molecule has 0 radical (unpaired) electrons. The van der Waals surface area contributed by atoms with Gasteiger partial charge in [-0.25, -0.2) is 8.78 Å². The van der Waals surface area contributed by atoms with Crippen molar-refractivity contribution < 1.29 is 51.4 Å². The summed E-state index contributed by atoms with van der Waals surface area (Å²) in [5, 5.41) is 35.2. The van der Waals surface area contributed by atoms with Gasteiger partial charge in [0.1, 0.15) is 11.6 Å². The molecule has 0 aliphatic carbocycles. The van der Waals surface area contributed by atoms with Crippen LogP contribution in [0.3, 0.4) is 0 Å². The zero-order chi connectivity index (χ0) is 41.5. The first-order valence-electron chi connectivity index (χ1n) is 16.8. The minimum atomic E-state index is -4.53. The van der Waals surface area contributed by atoms with Crippen LogP contribution in [0.5, 0.6) is 0 Å². The van der Waals surface area contributed by atoms with Crippen molar-refractivity contribution in [1.29, 1.82) is 0 Å². The summed E-state index contributed by atoms with van der Waals surface area (Å²) in [5.74, 6) is -1.22. The first kappa shape index (κ1) is 43.2. The molecule has 0 saturated carbocycles. The lowest BCUT2D eigenvalue weighted by Crippen LogP contribution is -2.28. The third kappa shape index (κ3) is 9.10. The van der Waals surface area contributed by atoms with Crippen LogP contribution in [-0.2, 0) is 30.9 Å². The van der Waals surface area contributed by atoms with Crippen molar-refractivity contribution in [3.8, 4) is 0 Å². The van der Waals surface area contributed by atoms with Gasteiger partial charge in [-0.3, -0.25) is 0 Å². The van der Waals surface area contributed by atoms with Crippen molar-refractivity contribution in [3.63, 3.8) is 0 Å². The highest BCUT2D eigenvalue weighted by molar-refractivity contribution is 6.69. The minimum Gasteiger partial charge on any atom is -0.423 e. The highest BCUT2D eigenvalue weighted by Gasteiger charge is 2.43. The van der Waals surface area contributed by atoms with Gasteiger partial charge < -0.3 is 29.4 Å². The lowest BCUT2D eigenvalue weighted by Gasteiger charge is -2.22. The van der Waals surface area contributed by atoms with Crippen LogP contribution in [0.15, 0.2) is 89.7 Å². The van der Waals surface area contributed by atoms with E-state index in [9.17, 15) is 32.0 Å². The van der Waals surface area contributed by atoms with Crippen LogP contribution in [0.2, 0.25) is 10.0 Å². The Morgan fingerprint density at radius 3 is 1.84 bits per heavy atom. The summed E-state index contributed by atoms with van der Waals surface area (Å²) in [6, 6.07) is 18.2. The van der Waals surface area contributed by atoms with Crippen LogP contribution in [0.25, 0.3) is 5.57 Å². The predicted octanol–water partition coefficient (Wildman–Crippen LogP) is 8.54. The van der Waals surface area contributed by atoms with Gasteiger partial charge in [-0.15, -0.1) is 0 Å². The Balaban J connectivity index is 0.000000172. The molecule has 4 aromatic rings. The van der Waals surface area contributed by atoms with Gasteiger partial charge in [0.2, 0.25) is 0 Å². The standard InChI is InChI=1S/C19H18BClFNO3.C10H11BClNO3.C9H5ClF4/c1-18(2)13-8-11(4-6-14(13)20(24)25-18)17-10-19(3,26-23-17)12-5-7-16(22)15(21)9-12;1-10(2)7-5-6(9(12)13-15)3-4-8(7)11(14)16-10;1-5(9(12,13)14)6-2-3-8(11)7(10)4-6/h4-9,24H,10H2,1-3H3;3-5,14-15H,1-2H3;2-4H,1H2/b;13-9-;. The molecule has 1 atom stereocenters. The number of nitrogens with zero attached hydrogens (tertiary/aromatic N) is 2. The van der Waals surface area contributed by atoms with E-state index in [0.29, 0.717) is 12.0 Å². The molecule has 8 nitrogen and oxygen atoms in total. The SMILES string of the molecule is C=C(c1ccc(F)c(Cl)c1)C(F)(F)F.CC1(C)OB(O)c2ccc(/C(Cl)=N/O)cc21.CC1(C)OB(O)c2ccc(C3=NOC(C)(c4ccc(F)c(Cl)c4)C3)cc21. The van der Waals surface area contributed by atoms with Crippen LogP contribution in [0, 0.1) is 11.6 Å². The molecule has 0 fully saturated rings. The van der Waals surface area contributed by atoms with E-state index in [-0.39, 0.29) is 20.8 Å². The Kier molecular flexibility index (Phi) is 12.4. The predicted molar refractivity (Wildman–Crippen MR) is 208 cm³/mol. The highest BCUT2D eigenvalue weighted by Crippen LogP contribution is 2.39. The highest BCUT2D eigenvalue weighted by atomic mass is 35.5. The minimum absolute atomic E-state index is 0.0139. The molecule has 4 aromatic carbocycles. The number of rotatable bonds is 4. The van der Waals surface area contributed by atoms with E-state index < -0.39 is 54.4 Å². The van der Waals surface area contributed by atoms with Crippen LogP contribution in [-0.4, -0.2) is 46.6 Å². The molecule has 7 rings (SSSR count). The maximum absolute atomic E-state index is 13.4. The van der Waals surface area contributed by atoms with Crippen molar-refractivity contribution in [2.45, 2.75) is 64.0 Å². The summed E-state index contributed by atoms with van der Waals surface area (Å²) < 4.78 is 73.5. The zero-order valence-electron chi connectivity index (χ0n) is 30.5. The topological polar surface area (TPSA) is 113 Å². The molecular formula is C38H34B2Cl3F5N2O6. The molecule has 0 amide bonds. The van der Waals surface area contributed by atoms with Crippen molar-refractivity contribution in [2.75, 3.05) is 0 Å². The second-order valence-electron chi connectivity index (χ2n) is 14.2. The number of allylic oxidation sites excluding steroid dienone is 1. The van der Waals surface area contributed by atoms with Gasteiger partial charge in [0.05, 0.1) is 32.5 Å². The van der Waals surface area contributed by atoms with E-state index in [2.05, 4.69) is 16.9 Å². The maximum atomic E-state index is 13.4. The number of benzene rings is 4. The second kappa shape index (κ2) is 16.1. The van der Waals surface area contributed by atoms with Gasteiger partial charge in [0.25, 0.3) is 0 Å². The van der Waals surface area contributed by atoms with Crippen LogP contribution >= 0.6 is 34.8 Å². The van der Waals surface area contributed by atoms with E-state index in [1.54, 1.807) is 30.3 Å². The number of halogens is 8. The molecular weight excluding hydrogens is 803 g/mol. The smallest absolute Gasteiger partial charge is 0.423 e. The lowest BCUT2D eigenvalue weighted by molar-refractivity contribution is -0.0686. The summed E-state index contributed by atoms with van der Waals surface area (Å²) in [6.45, 7) is 12.3. The molecule has 18 heteroatoms. The van der Waals surface area contributed by atoms with Crippen molar-refractivity contribution in [2.24, 2.45) is 10.3 Å². The van der Waals surface area contributed by atoms with E-state index in [4.69, 9.17) is 54.2 Å². The van der Waals surface area contributed by atoms with Crippen LogP contribution in [0.4, 0.5) is 22.0 Å². The summed E-state index contributed by atoms with van der Waals surface area (Å²) in [5.41, 5.74) is 3.19. The lowest BCUT2D eigenvalue weighted by atomic mass is 9.77. The molecule has 0 spiro atoms. The fourth-order valence-electron chi connectivity index (χ4n) is 6.29. The van der Waals surface area contributed by atoms with E-state index in [0.717, 1.165) is 57.1 Å². The largest absolute Gasteiger partial charge is 0.492 e. The second-order valence-corrected chi connectivity index (χ2v) is 15.4. The van der Waals surface area contributed by atoms with E-state index >= 15 is 0 Å². The molecule has 56 heavy (non-hydrogen) atoms. The summed E-state index contributed by atoms with van der Waals surface area (Å²) in [4.78, 5) is 5.71. The summed E-state index contributed by atoms with van der Waals surface area (Å²) >= 11 is 17.0. The van der Waals surface area contributed by atoms with E-state index in [1.165, 1.54) is 6.07 Å². The van der Waals surface area contributed by atoms with Gasteiger partial charge in [-0.05, 0) is 110 Å². The van der Waals surface area contributed by atoms with E-state index in [1.807, 2.05) is 52.8 Å². The first-order valence-corrected chi connectivity index (χ1v) is 17.9. The molecule has 0 bridgehead atoms. The number of oxime groups is 2. The first-order chi connectivity index (χ1) is 26.0. The molecule has 3 heterocycles. The van der Waals surface area contributed by atoms with Crippen molar-refractivity contribution in [1.82, 2.24) is 0 Å². The normalized spacial score (nSPS) is 19.2. The van der Waals surface area contributed by atoms with Gasteiger partial charge in [-0.2, -0.15) is 13.2 Å². The third-order valence-electron chi connectivity index (χ3n) is 9.41. The molecule has 0 aromatic heterocycles. The Morgan fingerprint density at radius 1 is 0.786 bits per heavy atom. The molecule has 1 unspecified atom stereocenters. The van der Waals surface area contributed by atoms with Gasteiger partial charge in [0, 0.05) is 12.0 Å². The van der Waals surface area contributed by atoms with Gasteiger partial charge in [0.15, 0.2) is 10.8 Å². The Hall–Kier alpha value is -3.95. The summed E-state index contributed by atoms with van der Waals surface area (Å²) in [7, 11) is -1.83. The fraction of sp³-hybridized carbons (Fsp3) is 0.263. The van der Waals surface area contributed by atoms with Crippen LogP contribution in [0.1, 0.15) is 74.4 Å². The van der Waals surface area contributed by atoms with Crippen molar-refractivity contribution >= 4 is 76.4 Å². The average Bonchev–Trinajstić information content (AvgIpc) is 3.73. The zero-order valence-corrected chi connectivity index (χ0v) is 32.7. The number of fused-ring (bicyclic) bond motifs is 2. The maximum Gasteiger partial charge on any atom is 0.492 e. The van der Waals surface area contributed by atoms with Crippen molar-refractivity contribution in [3.05, 3.63) is 134 Å². The molecule has 3 aliphatic heterocycles. The quantitative estimate of drug-likeness (QED) is 0.0625. The van der Waals surface area contributed by atoms with Gasteiger partial charge >= 0.3 is 20.4 Å². The average molecular weight is 838 g/mol. The Bertz CT molecular complexity index is 2240. The van der Waals surface area contributed by atoms with Gasteiger partial charge in [-0.1, -0.05) is 88.1 Å². The Labute approximate surface area is 335 Å². The summed E-state index contributed by atoms with van der Waals surface area (Å²) in [6.07, 6.45) is -4.00. The third-order valence-corrected chi connectivity index (χ3v) is 10.3. The molecule has 3 N–H and O–H groups in total. The monoisotopic (exact) mass is 836 g/mol. The number of hydrogen-bond donors (Lipinski definition) is 3. The molecule has 3 aliphatic rings. The van der Waals surface area contributed by atoms with Crippen LogP contribution < -0.4 is 10.9 Å².